The fraction of sp³-hybridized carbons (Fsp3) is 0.238. The van der Waals surface area contributed by atoms with Gasteiger partial charge in [-0.05, 0) is 24.3 Å². The summed E-state index contributed by atoms with van der Waals surface area (Å²) in [5, 5.41) is 0.441. The second-order valence-electron chi connectivity index (χ2n) is 6.75. The number of halogens is 1. The number of hydrogen-bond acceptors (Lipinski definition) is 5. The van der Waals surface area contributed by atoms with Crippen molar-refractivity contribution in [1.82, 2.24) is 19.4 Å². The first-order valence-corrected chi connectivity index (χ1v) is 9.73. The Hall–Kier alpha value is -3.19. The van der Waals surface area contributed by atoms with Crippen LogP contribution in [0.4, 0.5) is 5.82 Å². The molecule has 0 radical (unpaired) electrons. The lowest BCUT2D eigenvalue weighted by Crippen LogP contribution is -2.50. The number of hydrogen-bond donors (Lipinski definition) is 0. The molecule has 3 aromatic rings. The van der Waals surface area contributed by atoms with E-state index in [2.05, 4.69) is 16.5 Å². The van der Waals surface area contributed by atoms with E-state index in [1.807, 2.05) is 11.0 Å². The highest BCUT2D eigenvalue weighted by Gasteiger charge is 2.26. The van der Waals surface area contributed by atoms with Gasteiger partial charge < -0.3 is 9.80 Å². The number of amides is 1. The Bertz CT molecular complexity index is 1140. The molecule has 1 aliphatic rings. The molecule has 0 spiro atoms. The number of pyridine rings is 1. The van der Waals surface area contributed by atoms with Crippen LogP contribution < -0.4 is 10.5 Å². The number of anilines is 1. The van der Waals surface area contributed by atoms with Crippen molar-refractivity contribution in [3.8, 4) is 0 Å². The van der Waals surface area contributed by atoms with Crippen LogP contribution >= 0.6 is 11.6 Å². The monoisotopic (exact) mass is 409 g/mol. The van der Waals surface area contributed by atoms with Crippen LogP contribution in [-0.2, 0) is 6.54 Å². The molecule has 1 saturated heterocycles. The van der Waals surface area contributed by atoms with Gasteiger partial charge in [-0.3, -0.25) is 14.2 Å². The second kappa shape index (κ2) is 8.05. The maximum Gasteiger partial charge on any atom is 0.295 e. The van der Waals surface area contributed by atoms with E-state index in [4.69, 9.17) is 11.6 Å². The predicted molar refractivity (Wildman–Crippen MR) is 114 cm³/mol. The van der Waals surface area contributed by atoms with Gasteiger partial charge in [0.05, 0.1) is 10.6 Å². The van der Waals surface area contributed by atoms with E-state index in [0.29, 0.717) is 60.3 Å². The number of allylic oxidation sites excluding steroid dienone is 1. The van der Waals surface area contributed by atoms with Gasteiger partial charge in [0.25, 0.3) is 11.5 Å². The van der Waals surface area contributed by atoms with Crippen molar-refractivity contribution in [3.63, 3.8) is 0 Å². The molecule has 1 aromatic carbocycles. The van der Waals surface area contributed by atoms with E-state index in [0.717, 1.165) is 0 Å². The first kappa shape index (κ1) is 19.1. The van der Waals surface area contributed by atoms with E-state index < -0.39 is 0 Å². The third kappa shape index (κ3) is 3.61. The summed E-state index contributed by atoms with van der Waals surface area (Å²) in [5.74, 6) is 0.271. The maximum atomic E-state index is 13.0. The summed E-state index contributed by atoms with van der Waals surface area (Å²) in [4.78, 5) is 38.3. The molecule has 1 aliphatic heterocycles. The van der Waals surface area contributed by atoms with Gasteiger partial charge in [0.1, 0.15) is 5.52 Å². The molecule has 0 atom stereocenters. The summed E-state index contributed by atoms with van der Waals surface area (Å²) in [6.07, 6.45) is 3.31. The van der Waals surface area contributed by atoms with Crippen molar-refractivity contribution < 1.29 is 4.79 Å². The highest BCUT2D eigenvalue weighted by molar-refractivity contribution is 6.33. The van der Waals surface area contributed by atoms with E-state index in [-0.39, 0.29) is 11.5 Å². The Balaban J connectivity index is 1.59. The quantitative estimate of drug-likeness (QED) is 0.619. The van der Waals surface area contributed by atoms with Gasteiger partial charge in [-0.15, -0.1) is 6.58 Å². The fourth-order valence-corrected chi connectivity index (χ4v) is 3.71. The fourth-order valence-electron chi connectivity index (χ4n) is 3.49. The van der Waals surface area contributed by atoms with Crippen LogP contribution in [0.2, 0.25) is 5.02 Å². The van der Waals surface area contributed by atoms with Crippen molar-refractivity contribution in [3.05, 3.63) is 76.2 Å². The summed E-state index contributed by atoms with van der Waals surface area (Å²) in [5.41, 5.74) is 1.47. The number of nitrogens with zero attached hydrogens (tertiary/aromatic N) is 5. The SMILES string of the molecule is C=CCn1c(=O)c(N2CCN(C(=O)c3ccccc3Cl)CC2)nc2cccnc21. The molecule has 1 amide bonds. The summed E-state index contributed by atoms with van der Waals surface area (Å²) >= 11 is 6.16. The molecule has 2 aromatic heterocycles. The zero-order valence-corrected chi connectivity index (χ0v) is 16.5. The van der Waals surface area contributed by atoms with Gasteiger partial charge in [0.15, 0.2) is 11.5 Å². The molecule has 1 fully saturated rings. The molecule has 0 unspecified atom stereocenters. The molecular formula is C21H20ClN5O2. The van der Waals surface area contributed by atoms with Crippen molar-refractivity contribution >= 4 is 34.5 Å². The Morgan fingerprint density at radius 1 is 1.14 bits per heavy atom. The third-order valence-corrected chi connectivity index (χ3v) is 5.30. The van der Waals surface area contributed by atoms with E-state index in [9.17, 15) is 9.59 Å². The maximum absolute atomic E-state index is 13.0. The predicted octanol–water partition coefficient (Wildman–Crippen LogP) is 2.59. The average molecular weight is 410 g/mol. The number of rotatable bonds is 4. The smallest absolute Gasteiger partial charge is 0.295 e. The standard InChI is InChI=1S/C21H20ClN5O2/c1-2-10-27-18-17(8-5-9-23-18)24-19(21(27)29)25-11-13-26(14-12-25)20(28)15-6-3-4-7-16(15)22/h2-9H,1,10-14H2. The van der Waals surface area contributed by atoms with Crippen LogP contribution in [0.1, 0.15) is 10.4 Å². The molecule has 3 heterocycles. The van der Waals surface area contributed by atoms with Crippen molar-refractivity contribution in [2.24, 2.45) is 0 Å². The number of carbonyl (C=O) groups is 1. The highest BCUT2D eigenvalue weighted by Crippen LogP contribution is 2.19. The molecule has 148 valence electrons. The molecule has 29 heavy (non-hydrogen) atoms. The first-order chi connectivity index (χ1) is 14.1. The Morgan fingerprint density at radius 2 is 1.90 bits per heavy atom. The number of fused-ring (bicyclic) bond motifs is 1. The minimum Gasteiger partial charge on any atom is -0.348 e. The van der Waals surface area contributed by atoms with Crippen LogP contribution in [0.3, 0.4) is 0 Å². The van der Waals surface area contributed by atoms with Crippen LogP contribution in [0.15, 0.2) is 60.0 Å². The molecule has 0 N–H and O–H groups in total. The normalized spacial score (nSPS) is 14.2. The number of benzene rings is 1. The van der Waals surface area contributed by atoms with Crippen LogP contribution in [0.5, 0.6) is 0 Å². The zero-order valence-electron chi connectivity index (χ0n) is 15.8. The molecule has 0 saturated carbocycles. The first-order valence-electron chi connectivity index (χ1n) is 9.35. The molecule has 0 aliphatic carbocycles. The lowest BCUT2D eigenvalue weighted by atomic mass is 10.2. The lowest BCUT2D eigenvalue weighted by Gasteiger charge is -2.35. The van der Waals surface area contributed by atoms with Crippen molar-refractivity contribution in [2.45, 2.75) is 6.54 Å². The van der Waals surface area contributed by atoms with Crippen LogP contribution in [0, 0.1) is 0 Å². The number of piperazine rings is 1. The Labute approximate surface area is 172 Å². The van der Waals surface area contributed by atoms with E-state index in [1.54, 1.807) is 52.1 Å². The summed E-state index contributed by atoms with van der Waals surface area (Å²) in [6, 6.07) is 10.7. The summed E-state index contributed by atoms with van der Waals surface area (Å²) < 4.78 is 1.58. The minimum atomic E-state index is -0.206. The van der Waals surface area contributed by atoms with E-state index >= 15 is 0 Å². The largest absolute Gasteiger partial charge is 0.348 e. The highest BCUT2D eigenvalue weighted by atomic mass is 35.5. The zero-order chi connectivity index (χ0) is 20.4. The molecule has 7 nitrogen and oxygen atoms in total. The Kier molecular flexibility index (Phi) is 5.31. The summed E-state index contributed by atoms with van der Waals surface area (Å²) in [6.45, 7) is 6.08. The topological polar surface area (TPSA) is 71.3 Å². The lowest BCUT2D eigenvalue weighted by molar-refractivity contribution is 0.0746. The molecule has 0 bridgehead atoms. The minimum absolute atomic E-state index is 0.102. The molecular weight excluding hydrogens is 390 g/mol. The van der Waals surface area contributed by atoms with Gasteiger partial charge in [-0.1, -0.05) is 29.8 Å². The van der Waals surface area contributed by atoms with Gasteiger partial charge in [0, 0.05) is 38.9 Å². The van der Waals surface area contributed by atoms with Gasteiger partial charge in [0.2, 0.25) is 0 Å². The second-order valence-corrected chi connectivity index (χ2v) is 7.15. The molecule has 4 rings (SSSR count). The van der Waals surface area contributed by atoms with Gasteiger partial charge in [-0.25, -0.2) is 9.97 Å². The van der Waals surface area contributed by atoms with Crippen molar-refractivity contribution in [1.29, 1.82) is 0 Å². The van der Waals surface area contributed by atoms with Crippen LogP contribution in [-0.4, -0.2) is 51.5 Å². The average Bonchev–Trinajstić information content (AvgIpc) is 2.75. The summed E-state index contributed by atoms with van der Waals surface area (Å²) in [7, 11) is 0. The number of aromatic nitrogens is 3. The van der Waals surface area contributed by atoms with Crippen molar-refractivity contribution in [2.75, 3.05) is 31.1 Å². The van der Waals surface area contributed by atoms with Gasteiger partial charge >= 0.3 is 0 Å². The Morgan fingerprint density at radius 3 is 2.62 bits per heavy atom. The number of carbonyl (C=O) groups excluding carboxylic acids is 1. The van der Waals surface area contributed by atoms with Gasteiger partial charge in [-0.2, -0.15) is 0 Å². The van der Waals surface area contributed by atoms with Crippen LogP contribution in [0.25, 0.3) is 11.2 Å². The van der Waals surface area contributed by atoms with E-state index in [1.165, 1.54) is 0 Å². The third-order valence-electron chi connectivity index (χ3n) is 4.97. The molecule has 8 heteroatoms.